The van der Waals surface area contributed by atoms with E-state index in [1.54, 1.807) is 0 Å². The highest BCUT2D eigenvalue weighted by molar-refractivity contribution is 9.10. The maximum atomic E-state index is 12.7. The summed E-state index contributed by atoms with van der Waals surface area (Å²) in [5.41, 5.74) is 4.98. The van der Waals surface area contributed by atoms with Crippen LogP contribution in [0.15, 0.2) is 116 Å². The van der Waals surface area contributed by atoms with Crippen LogP contribution in [-0.4, -0.2) is 5.78 Å². The SMILES string of the molecule is O=C1C(=Cc2ccc(N(c3ccc(Br)cc3)c3ccc(Br)cc3)cc2)Sc2ccccc21. The Morgan fingerprint density at radius 3 is 1.69 bits per heavy atom. The van der Waals surface area contributed by atoms with Crippen LogP contribution >= 0.6 is 43.6 Å². The van der Waals surface area contributed by atoms with Crippen LogP contribution in [0.3, 0.4) is 0 Å². The van der Waals surface area contributed by atoms with E-state index in [-0.39, 0.29) is 5.78 Å². The van der Waals surface area contributed by atoms with Gasteiger partial charge in [-0.1, -0.05) is 67.9 Å². The van der Waals surface area contributed by atoms with Crippen molar-refractivity contribution in [2.45, 2.75) is 4.90 Å². The molecule has 32 heavy (non-hydrogen) atoms. The number of fused-ring (bicyclic) bond motifs is 1. The van der Waals surface area contributed by atoms with Crippen molar-refractivity contribution in [3.63, 3.8) is 0 Å². The van der Waals surface area contributed by atoms with Crippen LogP contribution in [0.1, 0.15) is 15.9 Å². The summed E-state index contributed by atoms with van der Waals surface area (Å²) in [4.78, 5) is 16.7. The Morgan fingerprint density at radius 1 is 0.656 bits per heavy atom. The van der Waals surface area contributed by atoms with E-state index in [4.69, 9.17) is 0 Å². The number of carbonyl (C=O) groups is 1. The van der Waals surface area contributed by atoms with E-state index >= 15 is 0 Å². The summed E-state index contributed by atoms with van der Waals surface area (Å²) < 4.78 is 2.08. The van der Waals surface area contributed by atoms with Gasteiger partial charge in [0.1, 0.15) is 0 Å². The zero-order chi connectivity index (χ0) is 22.1. The van der Waals surface area contributed by atoms with E-state index < -0.39 is 0 Å². The zero-order valence-electron chi connectivity index (χ0n) is 16.8. The first-order valence-electron chi connectivity index (χ1n) is 10.0. The summed E-state index contributed by atoms with van der Waals surface area (Å²) in [6.07, 6.45) is 1.97. The van der Waals surface area contributed by atoms with E-state index in [0.717, 1.165) is 46.9 Å². The number of ketones is 1. The Labute approximate surface area is 208 Å². The molecule has 4 aromatic carbocycles. The highest BCUT2D eigenvalue weighted by atomic mass is 79.9. The molecule has 0 atom stereocenters. The van der Waals surface area contributed by atoms with Crippen molar-refractivity contribution in [2.75, 3.05) is 4.90 Å². The standard InChI is InChI=1S/C27H17Br2NOS/c28-19-7-13-22(14-8-19)30(23-15-9-20(29)10-16-23)21-11-5-18(6-12-21)17-26-27(31)24-3-1-2-4-25(24)32-26/h1-17H. The average Bonchev–Trinajstić information content (AvgIpc) is 3.13. The molecule has 0 aliphatic carbocycles. The predicted molar refractivity (Wildman–Crippen MR) is 141 cm³/mol. The van der Waals surface area contributed by atoms with E-state index in [2.05, 4.69) is 85.3 Å². The highest BCUT2D eigenvalue weighted by Gasteiger charge is 2.25. The number of hydrogen-bond acceptors (Lipinski definition) is 3. The van der Waals surface area contributed by atoms with Gasteiger partial charge in [-0.15, -0.1) is 0 Å². The van der Waals surface area contributed by atoms with Crippen molar-refractivity contribution in [1.29, 1.82) is 0 Å². The molecular weight excluding hydrogens is 546 g/mol. The summed E-state index contributed by atoms with van der Waals surface area (Å²) in [6, 6.07) is 32.6. The predicted octanol–water partition coefficient (Wildman–Crippen LogP) is 9.01. The summed E-state index contributed by atoms with van der Waals surface area (Å²) in [5.74, 6) is 0.0982. The monoisotopic (exact) mass is 561 g/mol. The van der Waals surface area contributed by atoms with Crippen LogP contribution in [0.5, 0.6) is 0 Å². The molecule has 0 aromatic heterocycles. The fourth-order valence-corrected chi connectivity index (χ4v) is 5.21. The van der Waals surface area contributed by atoms with Crippen LogP contribution in [0.2, 0.25) is 0 Å². The van der Waals surface area contributed by atoms with Gasteiger partial charge in [0.25, 0.3) is 0 Å². The van der Waals surface area contributed by atoms with Crippen molar-refractivity contribution in [3.8, 4) is 0 Å². The molecule has 0 saturated heterocycles. The van der Waals surface area contributed by atoms with Gasteiger partial charge in [-0.05, 0) is 84.4 Å². The number of Topliss-reactive ketones (excluding diaryl/α,β-unsaturated/α-hetero) is 1. The van der Waals surface area contributed by atoms with Crippen molar-refractivity contribution >= 4 is 72.5 Å². The number of halogens is 2. The zero-order valence-corrected chi connectivity index (χ0v) is 20.8. The summed E-state index contributed by atoms with van der Waals surface area (Å²) in [5, 5.41) is 0. The third-order valence-electron chi connectivity index (χ3n) is 5.19. The normalized spacial score (nSPS) is 13.9. The fourth-order valence-electron chi connectivity index (χ4n) is 3.63. The van der Waals surface area contributed by atoms with Crippen LogP contribution < -0.4 is 4.90 Å². The van der Waals surface area contributed by atoms with Crippen LogP contribution in [0, 0.1) is 0 Å². The van der Waals surface area contributed by atoms with E-state index in [1.165, 1.54) is 11.8 Å². The Bertz CT molecular complexity index is 1270. The van der Waals surface area contributed by atoms with Gasteiger partial charge in [-0.2, -0.15) is 0 Å². The largest absolute Gasteiger partial charge is 0.311 e. The Hall–Kier alpha value is -2.60. The second-order valence-corrected chi connectivity index (χ2v) is 10.2. The highest BCUT2D eigenvalue weighted by Crippen LogP contribution is 2.41. The molecule has 0 fully saturated rings. The van der Waals surface area contributed by atoms with Crippen molar-refractivity contribution in [3.05, 3.63) is 122 Å². The van der Waals surface area contributed by atoms with Crippen molar-refractivity contribution in [1.82, 2.24) is 0 Å². The Morgan fingerprint density at radius 2 is 1.16 bits per heavy atom. The summed E-state index contributed by atoms with van der Waals surface area (Å²) in [6.45, 7) is 0. The van der Waals surface area contributed by atoms with Gasteiger partial charge in [0.2, 0.25) is 5.78 Å². The lowest BCUT2D eigenvalue weighted by Gasteiger charge is -2.25. The van der Waals surface area contributed by atoms with Gasteiger partial charge in [-0.25, -0.2) is 0 Å². The van der Waals surface area contributed by atoms with Crippen LogP contribution in [0.4, 0.5) is 17.1 Å². The van der Waals surface area contributed by atoms with Crippen molar-refractivity contribution < 1.29 is 4.79 Å². The lowest BCUT2D eigenvalue weighted by Crippen LogP contribution is -2.09. The molecule has 2 nitrogen and oxygen atoms in total. The minimum absolute atomic E-state index is 0.0982. The van der Waals surface area contributed by atoms with E-state index in [1.807, 2.05) is 54.6 Å². The van der Waals surface area contributed by atoms with Gasteiger partial charge in [0.15, 0.2) is 0 Å². The minimum atomic E-state index is 0.0982. The topological polar surface area (TPSA) is 20.3 Å². The molecule has 0 saturated carbocycles. The lowest BCUT2D eigenvalue weighted by molar-refractivity contribution is 0.104. The maximum absolute atomic E-state index is 12.7. The lowest BCUT2D eigenvalue weighted by atomic mass is 10.1. The molecule has 156 valence electrons. The number of nitrogens with zero attached hydrogens (tertiary/aromatic N) is 1. The second kappa shape index (κ2) is 9.10. The van der Waals surface area contributed by atoms with Gasteiger partial charge in [0, 0.05) is 36.5 Å². The maximum Gasteiger partial charge on any atom is 0.200 e. The molecular formula is C27H17Br2NOS. The summed E-state index contributed by atoms with van der Waals surface area (Å²) in [7, 11) is 0. The molecule has 0 bridgehead atoms. The van der Waals surface area contributed by atoms with Crippen LogP contribution in [-0.2, 0) is 0 Å². The smallest absolute Gasteiger partial charge is 0.200 e. The molecule has 1 heterocycles. The van der Waals surface area contributed by atoms with Gasteiger partial charge in [0.05, 0.1) is 4.91 Å². The number of benzene rings is 4. The molecule has 1 aliphatic rings. The number of hydrogen-bond donors (Lipinski definition) is 0. The number of allylic oxidation sites excluding steroid dienone is 1. The molecule has 0 spiro atoms. The number of anilines is 3. The molecule has 5 rings (SSSR count). The third kappa shape index (κ3) is 4.33. The quantitative estimate of drug-likeness (QED) is 0.231. The molecule has 1 aliphatic heterocycles. The van der Waals surface area contributed by atoms with Crippen molar-refractivity contribution in [2.24, 2.45) is 0 Å². The van der Waals surface area contributed by atoms with Gasteiger partial charge < -0.3 is 4.90 Å². The summed E-state index contributed by atoms with van der Waals surface area (Å²) >= 11 is 8.58. The fraction of sp³-hybridized carbons (Fsp3) is 0. The first-order valence-corrected chi connectivity index (χ1v) is 12.4. The molecule has 0 unspecified atom stereocenters. The first kappa shape index (κ1) is 21.3. The third-order valence-corrected chi connectivity index (χ3v) is 7.35. The van der Waals surface area contributed by atoms with Crippen LogP contribution in [0.25, 0.3) is 6.08 Å². The Balaban J connectivity index is 1.48. The molecule has 0 radical (unpaired) electrons. The molecule has 4 aromatic rings. The second-order valence-electron chi connectivity index (χ2n) is 7.32. The molecule has 0 N–H and O–H groups in total. The first-order chi connectivity index (χ1) is 15.6. The average molecular weight is 563 g/mol. The van der Waals surface area contributed by atoms with E-state index in [0.29, 0.717) is 0 Å². The molecule has 0 amide bonds. The minimum Gasteiger partial charge on any atom is -0.311 e. The van der Waals surface area contributed by atoms with E-state index in [9.17, 15) is 4.79 Å². The number of rotatable bonds is 4. The Kier molecular flexibility index (Phi) is 6.05. The number of thioether (sulfide) groups is 1. The number of carbonyl (C=O) groups excluding carboxylic acids is 1. The van der Waals surface area contributed by atoms with Gasteiger partial charge >= 0.3 is 0 Å². The molecule has 5 heteroatoms. The van der Waals surface area contributed by atoms with Gasteiger partial charge in [-0.3, -0.25) is 4.79 Å².